The third kappa shape index (κ3) is 4.84. The van der Waals surface area contributed by atoms with Crippen LogP contribution in [0.4, 0.5) is 22.7 Å². The SMILES string of the molecule is CN1c2ccccc2C(C)(C)C12C=Nc1cc(OCc3ccc(COc4ccc5c(c4)N(C)C4(C=Nc6c(ccc7ccccc67)O4)C5(C)C)cc3)ccc1O2. The first-order valence-electron chi connectivity index (χ1n) is 19.2. The van der Waals surface area contributed by atoms with E-state index in [2.05, 4.69) is 137 Å². The van der Waals surface area contributed by atoms with E-state index in [-0.39, 0.29) is 10.8 Å². The van der Waals surface area contributed by atoms with E-state index in [1.807, 2.05) is 48.8 Å². The van der Waals surface area contributed by atoms with Gasteiger partial charge >= 0.3 is 0 Å². The highest BCUT2D eigenvalue weighted by Crippen LogP contribution is 2.56. The second kappa shape index (κ2) is 12.1. The lowest BCUT2D eigenvalue weighted by atomic mass is 9.77. The standard InChI is InChI=1S/C48H44N4O4/c1-45(2)37-13-9-10-14-40(37)51(5)47(45)29-49-39-25-34(21-24-42(39)55-47)53-27-31-15-17-32(18-16-31)28-54-35-20-22-38-41(26-35)52(6)48(46(38,3)4)30-50-44-36-12-8-7-11-33(36)19-23-43(44)56-48/h7-26,29-30H,27-28H2,1-6H3. The molecular formula is C48H44N4O4. The molecule has 0 aromatic heterocycles. The van der Waals surface area contributed by atoms with E-state index in [1.165, 1.54) is 11.1 Å². The Hall–Kier alpha value is -6.28. The van der Waals surface area contributed by atoms with Crippen molar-refractivity contribution in [1.82, 2.24) is 0 Å². The summed E-state index contributed by atoms with van der Waals surface area (Å²) in [4.78, 5) is 14.3. The molecule has 4 aliphatic rings. The van der Waals surface area contributed by atoms with Crippen molar-refractivity contribution in [2.24, 2.45) is 9.98 Å². The second-order valence-corrected chi connectivity index (χ2v) is 16.3. The van der Waals surface area contributed by atoms with Crippen LogP contribution in [0.3, 0.4) is 0 Å². The normalized spacial score (nSPS) is 21.7. The molecule has 2 spiro atoms. The molecule has 4 aliphatic heterocycles. The minimum atomic E-state index is -0.777. The highest BCUT2D eigenvalue weighted by atomic mass is 16.5. The smallest absolute Gasteiger partial charge is 0.228 e. The molecule has 8 nitrogen and oxygen atoms in total. The lowest BCUT2D eigenvalue weighted by Gasteiger charge is -2.44. The minimum absolute atomic E-state index is 0.297. The van der Waals surface area contributed by atoms with Crippen LogP contribution in [0.15, 0.2) is 131 Å². The highest BCUT2D eigenvalue weighted by Gasteiger charge is 2.60. The Balaban J connectivity index is 0.787. The Morgan fingerprint density at radius 1 is 0.554 bits per heavy atom. The van der Waals surface area contributed by atoms with Gasteiger partial charge in [0, 0.05) is 43.0 Å². The molecule has 280 valence electrons. The summed E-state index contributed by atoms with van der Waals surface area (Å²) < 4.78 is 26.2. The van der Waals surface area contributed by atoms with E-state index in [1.54, 1.807) is 0 Å². The van der Waals surface area contributed by atoms with E-state index in [4.69, 9.17) is 28.9 Å². The number of aliphatic imine (C=N–C) groups is 2. The van der Waals surface area contributed by atoms with Gasteiger partial charge < -0.3 is 28.7 Å². The van der Waals surface area contributed by atoms with Gasteiger partial charge in [0.1, 0.15) is 47.6 Å². The fourth-order valence-electron chi connectivity index (χ4n) is 9.16. The first-order valence-corrected chi connectivity index (χ1v) is 19.2. The van der Waals surface area contributed by atoms with Gasteiger partial charge in [0.15, 0.2) is 0 Å². The first kappa shape index (κ1) is 34.2. The van der Waals surface area contributed by atoms with Crippen LogP contribution in [-0.4, -0.2) is 38.0 Å². The topological polar surface area (TPSA) is 68.1 Å². The van der Waals surface area contributed by atoms with Crippen LogP contribution < -0.4 is 28.7 Å². The monoisotopic (exact) mass is 740 g/mol. The number of hydrogen-bond donors (Lipinski definition) is 0. The fraction of sp³-hybridized carbons (Fsp3) is 0.250. The summed E-state index contributed by atoms with van der Waals surface area (Å²) >= 11 is 0. The number of rotatable bonds is 6. The maximum absolute atomic E-state index is 6.90. The lowest BCUT2D eigenvalue weighted by Crippen LogP contribution is -2.61. The summed E-state index contributed by atoms with van der Waals surface area (Å²) in [5, 5.41) is 2.24. The van der Waals surface area contributed by atoms with Crippen molar-refractivity contribution < 1.29 is 18.9 Å². The number of likely N-dealkylation sites (N-methyl/N-ethyl adjacent to an activating group) is 2. The third-order valence-corrected chi connectivity index (χ3v) is 12.6. The molecule has 0 radical (unpaired) electrons. The molecule has 0 bridgehead atoms. The molecular weight excluding hydrogens is 697 g/mol. The van der Waals surface area contributed by atoms with Gasteiger partial charge in [-0.15, -0.1) is 0 Å². The summed E-state index contributed by atoms with van der Waals surface area (Å²) in [6.45, 7) is 9.74. The zero-order valence-electron chi connectivity index (χ0n) is 32.5. The molecule has 0 aliphatic carbocycles. The van der Waals surface area contributed by atoms with Crippen molar-refractivity contribution >= 4 is 46.0 Å². The van der Waals surface area contributed by atoms with Crippen molar-refractivity contribution in [3.05, 3.63) is 144 Å². The molecule has 0 saturated carbocycles. The predicted octanol–water partition coefficient (Wildman–Crippen LogP) is 10.4. The average molecular weight is 741 g/mol. The summed E-state index contributed by atoms with van der Waals surface area (Å²) in [6.07, 6.45) is 3.92. The Morgan fingerprint density at radius 3 is 1.86 bits per heavy atom. The molecule has 0 saturated heterocycles. The van der Waals surface area contributed by atoms with Crippen LogP contribution >= 0.6 is 0 Å². The Labute approximate surface area is 327 Å². The summed E-state index contributed by atoms with van der Waals surface area (Å²) in [6, 6.07) is 41.4. The van der Waals surface area contributed by atoms with Gasteiger partial charge in [-0.1, -0.05) is 78.9 Å². The lowest BCUT2D eigenvalue weighted by molar-refractivity contribution is 0.0823. The number of ether oxygens (including phenoxy) is 4. The van der Waals surface area contributed by atoms with Crippen LogP contribution in [0.25, 0.3) is 10.8 Å². The van der Waals surface area contributed by atoms with Crippen molar-refractivity contribution in [3.63, 3.8) is 0 Å². The molecule has 0 fully saturated rings. The number of para-hydroxylation sites is 1. The van der Waals surface area contributed by atoms with Crippen LogP contribution in [0.1, 0.15) is 49.9 Å². The molecule has 2 unspecified atom stereocenters. The van der Waals surface area contributed by atoms with Crippen molar-refractivity contribution in [1.29, 1.82) is 0 Å². The quantitative estimate of drug-likeness (QED) is 0.169. The largest absolute Gasteiger partial charge is 0.489 e. The van der Waals surface area contributed by atoms with Gasteiger partial charge in [0.2, 0.25) is 11.4 Å². The van der Waals surface area contributed by atoms with E-state index < -0.39 is 11.4 Å². The molecule has 6 aromatic rings. The Morgan fingerprint density at radius 2 is 1.12 bits per heavy atom. The molecule has 0 N–H and O–H groups in total. The van der Waals surface area contributed by atoms with Gasteiger partial charge in [-0.05, 0) is 85.7 Å². The summed E-state index contributed by atoms with van der Waals surface area (Å²) in [5.41, 5.74) is 6.26. The van der Waals surface area contributed by atoms with Crippen LogP contribution in [0, 0.1) is 0 Å². The second-order valence-electron chi connectivity index (χ2n) is 16.3. The van der Waals surface area contributed by atoms with E-state index in [9.17, 15) is 0 Å². The maximum Gasteiger partial charge on any atom is 0.228 e. The summed E-state index contributed by atoms with van der Waals surface area (Å²) in [5.74, 6) is 3.07. The van der Waals surface area contributed by atoms with Gasteiger partial charge in [-0.3, -0.25) is 9.98 Å². The predicted molar refractivity (Wildman–Crippen MR) is 224 cm³/mol. The fourth-order valence-corrected chi connectivity index (χ4v) is 9.16. The Bertz CT molecular complexity index is 2610. The molecule has 56 heavy (non-hydrogen) atoms. The van der Waals surface area contributed by atoms with Gasteiger partial charge in [-0.25, -0.2) is 0 Å². The Kier molecular flexibility index (Phi) is 7.40. The molecule has 0 amide bonds. The van der Waals surface area contributed by atoms with Crippen molar-refractivity contribution in [2.75, 3.05) is 23.9 Å². The molecule has 4 heterocycles. The first-order chi connectivity index (χ1) is 27.0. The van der Waals surface area contributed by atoms with Gasteiger partial charge in [-0.2, -0.15) is 0 Å². The molecule has 6 aromatic carbocycles. The zero-order chi connectivity index (χ0) is 38.5. The number of hydrogen-bond acceptors (Lipinski definition) is 8. The van der Waals surface area contributed by atoms with E-state index in [0.717, 1.165) is 67.6 Å². The number of anilines is 2. The van der Waals surface area contributed by atoms with Crippen molar-refractivity contribution in [3.8, 4) is 23.0 Å². The number of nitrogens with zero attached hydrogens (tertiary/aromatic N) is 4. The van der Waals surface area contributed by atoms with E-state index >= 15 is 0 Å². The molecule has 10 rings (SSSR count). The molecule has 2 atom stereocenters. The molecule has 8 heteroatoms. The average Bonchev–Trinajstić information content (AvgIpc) is 3.48. The van der Waals surface area contributed by atoms with Gasteiger partial charge in [0.05, 0.1) is 23.3 Å². The van der Waals surface area contributed by atoms with Crippen LogP contribution in [0.5, 0.6) is 23.0 Å². The minimum Gasteiger partial charge on any atom is -0.489 e. The van der Waals surface area contributed by atoms with E-state index in [0.29, 0.717) is 13.2 Å². The van der Waals surface area contributed by atoms with Crippen LogP contribution in [-0.2, 0) is 24.0 Å². The van der Waals surface area contributed by atoms with Gasteiger partial charge in [0.25, 0.3) is 0 Å². The third-order valence-electron chi connectivity index (χ3n) is 12.6. The number of fused-ring (bicyclic) bond motifs is 6. The van der Waals surface area contributed by atoms with Crippen LogP contribution in [0.2, 0.25) is 0 Å². The maximum atomic E-state index is 6.90. The number of benzene rings is 6. The van der Waals surface area contributed by atoms with Crippen molar-refractivity contribution in [2.45, 2.75) is 63.2 Å². The zero-order valence-corrected chi connectivity index (χ0v) is 32.5. The summed E-state index contributed by atoms with van der Waals surface area (Å²) in [7, 11) is 4.15. The highest BCUT2D eigenvalue weighted by molar-refractivity contribution is 6.00.